The number of aromatic amines is 2. The minimum Gasteiger partial charge on any atom is -0.396 e. The standard InChI is InChI=1S/C5H8N2O.C3H4N2/c8-4-1-5-6-2-3-7-5;1-2-5-3-4-1/h2-3,8H,1,4H2,(H,6,7);1-3H,(H,4,5). The number of rotatable bonds is 2. The number of aromatic nitrogens is 4. The zero-order chi connectivity index (χ0) is 9.36. The van der Waals surface area contributed by atoms with Crippen molar-refractivity contribution in [3.63, 3.8) is 0 Å². The number of aliphatic hydroxyl groups excluding tert-OH is 1. The second kappa shape index (κ2) is 5.96. The Labute approximate surface area is 75.9 Å². The lowest BCUT2D eigenvalue weighted by Gasteiger charge is -1.85. The summed E-state index contributed by atoms with van der Waals surface area (Å²) in [5.41, 5.74) is 0. The quantitative estimate of drug-likeness (QED) is 0.624. The molecule has 0 aliphatic heterocycles. The molecule has 0 saturated heterocycles. The van der Waals surface area contributed by atoms with Crippen LogP contribution in [0, 0.1) is 0 Å². The highest BCUT2D eigenvalue weighted by Crippen LogP contribution is 1.86. The maximum Gasteiger partial charge on any atom is 0.108 e. The van der Waals surface area contributed by atoms with Crippen molar-refractivity contribution in [1.29, 1.82) is 0 Å². The first-order valence-corrected chi connectivity index (χ1v) is 3.95. The molecule has 0 unspecified atom stereocenters. The Morgan fingerprint density at radius 2 is 2.23 bits per heavy atom. The van der Waals surface area contributed by atoms with Crippen molar-refractivity contribution in [3.8, 4) is 0 Å². The van der Waals surface area contributed by atoms with Crippen LogP contribution < -0.4 is 0 Å². The molecule has 0 aromatic carbocycles. The van der Waals surface area contributed by atoms with Gasteiger partial charge in [0.2, 0.25) is 0 Å². The molecule has 5 nitrogen and oxygen atoms in total. The summed E-state index contributed by atoms with van der Waals surface area (Å²) in [6.07, 6.45) is 9.11. The van der Waals surface area contributed by atoms with Crippen molar-refractivity contribution >= 4 is 0 Å². The molecular formula is C8H12N4O. The lowest BCUT2D eigenvalue weighted by Crippen LogP contribution is -1.91. The van der Waals surface area contributed by atoms with Crippen molar-refractivity contribution in [2.75, 3.05) is 6.61 Å². The summed E-state index contributed by atoms with van der Waals surface area (Å²) in [5.74, 6) is 0.840. The molecular weight excluding hydrogens is 168 g/mol. The minimum absolute atomic E-state index is 0.160. The number of hydrogen-bond acceptors (Lipinski definition) is 3. The van der Waals surface area contributed by atoms with Gasteiger partial charge in [0.05, 0.1) is 12.9 Å². The van der Waals surface area contributed by atoms with Gasteiger partial charge in [0.15, 0.2) is 0 Å². The van der Waals surface area contributed by atoms with Crippen LogP contribution in [0.3, 0.4) is 0 Å². The molecule has 2 rings (SSSR count). The number of H-pyrrole nitrogens is 2. The van der Waals surface area contributed by atoms with Crippen LogP contribution in [0.15, 0.2) is 31.1 Å². The molecule has 2 aromatic rings. The second-order valence-electron chi connectivity index (χ2n) is 2.27. The molecule has 0 saturated carbocycles. The molecule has 0 atom stereocenters. The second-order valence-corrected chi connectivity index (χ2v) is 2.27. The van der Waals surface area contributed by atoms with Crippen LogP contribution in [0.2, 0.25) is 0 Å². The molecule has 2 heterocycles. The molecule has 3 N–H and O–H groups in total. The molecule has 0 fully saturated rings. The predicted molar refractivity (Wildman–Crippen MR) is 48.0 cm³/mol. The summed E-state index contributed by atoms with van der Waals surface area (Å²) >= 11 is 0. The van der Waals surface area contributed by atoms with Gasteiger partial charge in [-0.15, -0.1) is 0 Å². The average molecular weight is 180 g/mol. The molecule has 0 bridgehead atoms. The Balaban J connectivity index is 0.000000145. The smallest absolute Gasteiger partial charge is 0.108 e. The van der Waals surface area contributed by atoms with Gasteiger partial charge >= 0.3 is 0 Å². The lowest BCUT2D eigenvalue weighted by molar-refractivity contribution is 0.297. The molecule has 0 amide bonds. The van der Waals surface area contributed by atoms with Gasteiger partial charge in [-0.05, 0) is 0 Å². The molecule has 2 aromatic heterocycles. The normalized spacial score (nSPS) is 9.00. The Hall–Kier alpha value is -1.62. The van der Waals surface area contributed by atoms with Crippen LogP contribution in [-0.4, -0.2) is 31.6 Å². The van der Waals surface area contributed by atoms with Gasteiger partial charge in [-0.3, -0.25) is 0 Å². The van der Waals surface area contributed by atoms with E-state index < -0.39 is 0 Å². The van der Waals surface area contributed by atoms with Gasteiger partial charge in [0, 0.05) is 31.2 Å². The lowest BCUT2D eigenvalue weighted by atomic mass is 10.4. The largest absolute Gasteiger partial charge is 0.396 e. The fourth-order valence-corrected chi connectivity index (χ4v) is 0.756. The molecule has 0 aliphatic carbocycles. The van der Waals surface area contributed by atoms with E-state index >= 15 is 0 Å². The van der Waals surface area contributed by atoms with E-state index in [0.29, 0.717) is 6.42 Å². The third kappa shape index (κ3) is 4.07. The minimum atomic E-state index is 0.160. The first-order chi connectivity index (χ1) is 6.43. The maximum absolute atomic E-state index is 8.38. The van der Waals surface area contributed by atoms with Gasteiger partial charge in [-0.2, -0.15) is 0 Å². The van der Waals surface area contributed by atoms with Gasteiger partial charge in [0.1, 0.15) is 5.82 Å². The third-order valence-electron chi connectivity index (χ3n) is 1.31. The topological polar surface area (TPSA) is 77.6 Å². The number of nitrogens with zero attached hydrogens (tertiary/aromatic N) is 2. The summed E-state index contributed by atoms with van der Waals surface area (Å²) in [6.45, 7) is 0.160. The van der Waals surface area contributed by atoms with E-state index in [1.165, 1.54) is 0 Å². The molecule has 0 aliphatic rings. The van der Waals surface area contributed by atoms with E-state index in [1.807, 2.05) is 0 Å². The van der Waals surface area contributed by atoms with Crippen molar-refractivity contribution in [2.24, 2.45) is 0 Å². The van der Waals surface area contributed by atoms with E-state index in [2.05, 4.69) is 19.9 Å². The van der Waals surface area contributed by atoms with E-state index in [0.717, 1.165) is 5.82 Å². The zero-order valence-electron chi connectivity index (χ0n) is 7.14. The first kappa shape index (κ1) is 9.47. The molecule has 0 spiro atoms. The number of nitrogens with one attached hydrogen (secondary N) is 2. The van der Waals surface area contributed by atoms with Gasteiger partial charge in [0.25, 0.3) is 0 Å². The van der Waals surface area contributed by atoms with E-state index in [-0.39, 0.29) is 6.61 Å². The number of imidazole rings is 2. The predicted octanol–water partition coefficient (Wildman–Crippen LogP) is 0.354. The van der Waals surface area contributed by atoms with Crippen molar-refractivity contribution in [2.45, 2.75) is 6.42 Å². The summed E-state index contributed by atoms with van der Waals surface area (Å²) in [7, 11) is 0. The Bertz CT molecular complexity index is 260. The maximum atomic E-state index is 8.38. The SMILES string of the molecule is OCCc1ncc[nH]1.c1c[nH]cn1. The van der Waals surface area contributed by atoms with Gasteiger partial charge < -0.3 is 15.1 Å². The Morgan fingerprint density at radius 1 is 1.31 bits per heavy atom. The van der Waals surface area contributed by atoms with E-state index in [9.17, 15) is 0 Å². The van der Waals surface area contributed by atoms with Crippen molar-refractivity contribution < 1.29 is 5.11 Å². The van der Waals surface area contributed by atoms with E-state index in [4.69, 9.17) is 5.11 Å². The van der Waals surface area contributed by atoms with Crippen LogP contribution in [0.1, 0.15) is 5.82 Å². The van der Waals surface area contributed by atoms with Crippen LogP contribution in [0.5, 0.6) is 0 Å². The highest BCUT2D eigenvalue weighted by molar-refractivity contribution is 4.86. The van der Waals surface area contributed by atoms with Gasteiger partial charge in [-0.25, -0.2) is 9.97 Å². The monoisotopic (exact) mass is 180 g/mol. The third-order valence-corrected chi connectivity index (χ3v) is 1.31. The molecule has 5 heteroatoms. The average Bonchev–Trinajstić information content (AvgIpc) is 2.79. The molecule has 13 heavy (non-hydrogen) atoms. The fourth-order valence-electron chi connectivity index (χ4n) is 0.756. The Morgan fingerprint density at radius 3 is 2.62 bits per heavy atom. The summed E-state index contributed by atoms with van der Waals surface area (Å²) < 4.78 is 0. The fraction of sp³-hybridized carbons (Fsp3) is 0.250. The van der Waals surface area contributed by atoms with Gasteiger partial charge in [-0.1, -0.05) is 0 Å². The summed E-state index contributed by atoms with van der Waals surface area (Å²) in [6, 6.07) is 0. The Kier molecular flexibility index (Phi) is 4.34. The first-order valence-electron chi connectivity index (χ1n) is 3.95. The highest BCUT2D eigenvalue weighted by Gasteiger charge is 1.88. The summed E-state index contributed by atoms with van der Waals surface area (Å²) in [4.78, 5) is 13.2. The van der Waals surface area contributed by atoms with Crippen LogP contribution >= 0.6 is 0 Å². The number of hydrogen-bond donors (Lipinski definition) is 3. The van der Waals surface area contributed by atoms with Crippen molar-refractivity contribution in [3.05, 3.63) is 36.9 Å². The zero-order valence-corrected chi connectivity index (χ0v) is 7.14. The van der Waals surface area contributed by atoms with Crippen LogP contribution in [0.25, 0.3) is 0 Å². The molecule has 0 radical (unpaired) electrons. The number of aliphatic hydroxyl groups is 1. The van der Waals surface area contributed by atoms with Crippen LogP contribution in [-0.2, 0) is 6.42 Å². The van der Waals surface area contributed by atoms with Crippen LogP contribution in [0.4, 0.5) is 0 Å². The molecule has 70 valence electrons. The highest BCUT2D eigenvalue weighted by atomic mass is 16.3. The van der Waals surface area contributed by atoms with Crippen molar-refractivity contribution in [1.82, 2.24) is 19.9 Å². The van der Waals surface area contributed by atoms with E-state index in [1.54, 1.807) is 31.1 Å². The summed E-state index contributed by atoms with van der Waals surface area (Å²) in [5, 5.41) is 8.38.